The minimum absolute atomic E-state index is 0.0199. The molecular formula is C16H10F3N3O2. The van der Waals surface area contributed by atoms with Crippen molar-refractivity contribution < 1.29 is 22.7 Å². The quantitative estimate of drug-likeness (QED) is 0.645. The molecule has 0 saturated carbocycles. The molecule has 5 nitrogen and oxygen atoms in total. The summed E-state index contributed by atoms with van der Waals surface area (Å²) in [5.74, 6) is -0.651. The van der Waals surface area contributed by atoms with E-state index in [2.05, 4.69) is 15.2 Å². The zero-order valence-corrected chi connectivity index (χ0v) is 12.0. The second-order valence-electron chi connectivity index (χ2n) is 4.76. The van der Waals surface area contributed by atoms with E-state index in [0.717, 1.165) is 12.1 Å². The normalized spacial score (nSPS) is 12.0. The summed E-state index contributed by atoms with van der Waals surface area (Å²) in [5.41, 5.74) is -0.241. The average Bonchev–Trinajstić information content (AvgIpc) is 2.94. The third-order valence-corrected chi connectivity index (χ3v) is 3.05. The molecule has 0 radical (unpaired) electrons. The van der Waals surface area contributed by atoms with E-state index >= 15 is 0 Å². The number of nitrogens with zero attached hydrogens (tertiary/aromatic N) is 3. The predicted molar refractivity (Wildman–Crippen MR) is 79.2 cm³/mol. The molecule has 1 aromatic heterocycles. The standard InChI is InChI=1S/C16H10F3N3O2/c17-16(18,19)11-7-4-8-12(9-11)21-22-13-15(23)24-14(20-13)10-5-2-1-3-6-10/h1-9,23H. The maximum atomic E-state index is 12.6. The summed E-state index contributed by atoms with van der Waals surface area (Å²) >= 11 is 0. The molecule has 0 aliphatic rings. The van der Waals surface area contributed by atoms with Crippen molar-refractivity contribution in [1.29, 1.82) is 0 Å². The number of hydrogen-bond acceptors (Lipinski definition) is 5. The van der Waals surface area contributed by atoms with Gasteiger partial charge in [0.15, 0.2) is 0 Å². The molecule has 122 valence electrons. The van der Waals surface area contributed by atoms with Crippen LogP contribution in [-0.2, 0) is 6.18 Å². The number of aromatic hydroxyl groups is 1. The van der Waals surface area contributed by atoms with Crippen LogP contribution in [0.25, 0.3) is 11.5 Å². The molecule has 0 bridgehead atoms. The Balaban J connectivity index is 1.87. The van der Waals surface area contributed by atoms with Gasteiger partial charge in [-0.3, -0.25) is 0 Å². The van der Waals surface area contributed by atoms with Crippen molar-refractivity contribution in [3.8, 4) is 17.4 Å². The van der Waals surface area contributed by atoms with Gasteiger partial charge in [0.25, 0.3) is 5.82 Å². The van der Waals surface area contributed by atoms with Crippen molar-refractivity contribution in [2.24, 2.45) is 10.2 Å². The van der Waals surface area contributed by atoms with Gasteiger partial charge in [-0.15, -0.1) is 10.2 Å². The number of alkyl halides is 3. The second kappa shape index (κ2) is 6.15. The van der Waals surface area contributed by atoms with Crippen LogP contribution in [0, 0.1) is 0 Å². The Morgan fingerprint density at radius 3 is 2.42 bits per heavy atom. The summed E-state index contributed by atoms with van der Waals surface area (Å²) in [4.78, 5) is 3.97. The Bertz CT molecular complexity index is 874. The molecule has 1 N–H and O–H groups in total. The van der Waals surface area contributed by atoms with E-state index in [1.807, 2.05) is 0 Å². The van der Waals surface area contributed by atoms with Gasteiger partial charge < -0.3 is 9.52 Å². The van der Waals surface area contributed by atoms with Gasteiger partial charge in [-0.25, -0.2) is 0 Å². The molecule has 0 saturated heterocycles. The number of hydrogen-bond donors (Lipinski definition) is 1. The van der Waals surface area contributed by atoms with Gasteiger partial charge in [0, 0.05) is 5.56 Å². The monoisotopic (exact) mass is 333 g/mol. The molecular weight excluding hydrogens is 323 g/mol. The van der Waals surface area contributed by atoms with E-state index in [1.54, 1.807) is 30.3 Å². The lowest BCUT2D eigenvalue weighted by Crippen LogP contribution is -2.03. The molecule has 3 aromatic rings. The molecule has 0 amide bonds. The lowest BCUT2D eigenvalue weighted by Gasteiger charge is -2.05. The summed E-state index contributed by atoms with van der Waals surface area (Å²) in [6.07, 6.45) is -4.47. The Morgan fingerprint density at radius 1 is 0.958 bits per heavy atom. The van der Waals surface area contributed by atoms with Crippen LogP contribution in [0.4, 0.5) is 24.7 Å². The van der Waals surface area contributed by atoms with Gasteiger partial charge in [0.1, 0.15) is 0 Å². The van der Waals surface area contributed by atoms with Crippen molar-refractivity contribution in [1.82, 2.24) is 4.98 Å². The first-order valence-corrected chi connectivity index (χ1v) is 6.78. The zero-order valence-electron chi connectivity index (χ0n) is 12.0. The maximum absolute atomic E-state index is 12.6. The van der Waals surface area contributed by atoms with Crippen LogP contribution in [0.1, 0.15) is 5.56 Å². The molecule has 3 rings (SSSR count). The van der Waals surface area contributed by atoms with Gasteiger partial charge in [0.2, 0.25) is 5.89 Å². The molecule has 0 atom stereocenters. The number of azo groups is 1. The van der Waals surface area contributed by atoms with Crippen molar-refractivity contribution in [3.05, 3.63) is 60.2 Å². The first-order chi connectivity index (χ1) is 11.4. The predicted octanol–water partition coefficient (Wildman–Crippen LogP) is 5.48. The molecule has 0 aliphatic carbocycles. The van der Waals surface area contributed by atoms with Gasteiger partial charge in [-0.1, -0.05) is 24.3 Å². The van der Waals surface area contributed by atoms with E-state index < -0.39 is 17.7 Å². The fourth-order valence-corrected chi connectivity index (χ4v) is 1.92. The highest BCUT2D eigenvalue weighted by atomic mass is 19.4. The van der Waals surface area contributed by atoms with Crippen molar-refractivity contribution in [2.45, 2.75) is 6.18 Å². The Morgan fingerprint density at radius 2 is 1.71 bits per heavy atom. The number of benzene rings is 2. The molecule has 0 unspecified atom stereocenters. The van der Waals surface area contributed by atoms with Crippen LogP contribution >= 0.6 is 0 Å². The highest BCUT2D eigenvalue weighted by Gasteiger charge is 2.30. The van der Waals surface area contributed by atoms with Gasteiger partial charge in [-0.05, 0) is 30.3 Å². The maximum Gasteiger partial charge on any atom is 0.416 e. The molecule has 0 spiro atoms. The second-order valence-corrected chi connectivity index (χ2v) is 4.76. The number of aromatic nitrogens is 1. The van der Waals surface area contributed by atoms with E-state index in [-0.39, 0.29) is 17.4 Å². The number of oxazole rings is 1. The highest BCUT2D eigenvalue weighted by Crippen LogP contribution is 2.34. The third kappa shape index (κ3) is 3.43. The van der Waals surface area contributed by atoms with E-state index in [4.69, 9.17) is 4.42 Å². The lowest BCUT2D eigenvalue weighted by atomic mass is 10.2. The largest absolute Gasteiger partial charge is 0.478 e. The first kappa shape index (κ1) is 15.7. The SMILES string of the molecule is Oc1oc(-c2ccccc2)nc1N=Nc1cccc(C(F)(F)F)c1. The van der Waals surface area contributed by atoms with Crippen LogP contribution in [0.2, 0.25) is 0 Å². The molecule has 8 heteroatoms. The molecule has 2 aromatic carbocycles. The van der Waals surface area contributed by atoms with Crippen LogP contribution in [0.3, 0.4) is 0 Å². The van der Waals surface area contributed by atoms with Crippen LogP contribution < -0.4 is 0 Å². The minimum Gasteiger partial charge on any atom is -0.478 e. The zero-order chi connectivity index (χ0) is 17.2. The lowest BCUT2D eigenvalue weighted by molar-refractivity contribution is -0.137. The van der Waals surface area contributed by atoms with Gasteiger partial charge >= 0.3 is 12.1 Å². The van der Waals surface area contributed by atoms with Crippen molar-refractivity contribution >= 4 is 11.5 Å². The van der Waals surface area contributed by atoms with Crippen LogP contribution in [-0.4, -0.2) is 10.1 Å². The fraction of sp³-hybridized carbons (Fsp3) is 0.0625. The number of rotatable bonds is 3. The van der Waals surface area contributed by atoms with E-state index in [0.29, 0.717) is 5.56 Å². The average molecular weight is 333 g/mol. The minimum atomic E-state index is -4.47. The van der Waals surface area contributed by atoms with E-state index in [1.165, 1.54) is 12.1 Å². The third-order valence-electron chi connectivity index (χ3n) is 3.05. The highest BCUT2D eigenvalue weighted by molar-refractivity contribution is 5.57. The van der Waals surface area contributed by atoms with Crippen molar-refractivity contribution in [2.75, 3.05) is 0 Å². The summed E-state index contributed by atoms with van der Waals surface area (Å²) in [5, 5.41) is 17.0. The summed E-state index contributed by atoms with van der Waals surface area (Å²) < 4.78 is 43.0. The van der Waals surface area contributed by atoms with Crippen LogP contribution in [0.15, 0.2) is 69.2 Å². The Kier molecular flexibility index (Phi) is 4.03. The number of halogens is 3. The van der Waals surface area contributed by atoms with Gasteiger partial charge in [0.05, 0.1) is 11.3 Å². The Hall–Kier alpha value is -3.16. The van der Waals surface area contributed by atoms with Crippen molar-refractivity contribution in [3.63, 3.8) is 0 Å². The fourth-order valence-electron chi connectivity index (χ4n) is 1.92. The molecule has 24 heavy (non-hydrogen) atoms. The molecule has 0 fully saturated rings. The molecule has 0 aliphatic heterocycles. The topological polar surface area (TPSA) is 71.0 Å². The smallest absolute Gasteiger partial charge is 0.416 e. The van der Waals surface area contributed by atoms with E-state index in [9.17, 15) is 18.3 Å². The summed E-state index contributed by atoms with van der Waals surface area (Å²) in [7, 11) is 0. The van der Waals surface area contributed by atoms with Gasteiger partial charge in [-0.2, -0.15) is 18.2 Å². The Labute approximate surface area is 134 Å². The molecule has 1 heterocycles. The first-order valence-electron chi connectivity index (χ1n) is 6.78. The van der Waals surface area contributed by atoms with Crippen LogP contribution in [0.5, 0.6) is 5.95 Å². The summed E-state index contributed by atoms with van der Waals surface area (Å²) in [6, 6.07) is 13.1. The summed E-state index contributed by atoms with van der Waals surface area (Å²) in [6.45, 7) is 0.